The second-order valence-electron chi connectivity index (χ2n) is 6.50. The molecule has 0 saturated carbocycles. The Hall–Kier alpha value is 1.33. The van der Waals surface area contributed by atoms with Crippen molar-refractivity contribution < 1.29 is 4.12 Å². The first kappa shape index (κ1) is 22.3. The van der Waals surface area contributed by atoms with Gasteiger partial charge in [0, 0.05) is 65.2 Å². The van der Waals surface area contributed by atoms with Crippen LogP contribution in [0.15, 0.2) is 0 Å². The van der Waals surface area contributed by atoms with E-state index in [0.717, 1.165) is 12.4 Å². The molecule has 21 heavy (non-hydrogen) atoms. The lowest BCUT2D eigenvalue weighted by molar-refractivity contribution is 0.565. The lowest BCUT2D eigenvalue weighted by Crippen LogP contribution is -2.51. The first-order valence-corrected chi connectivity index (χ1v) is 14.2. The summed E-state index contributed by atoms with van der Waals surface area (Å²) in [5.74, 6) is 0. The lowest BCUT2D eigenvalue weighted by atomic mass is 8.80. The summed E-state index contributed by atoms with van der Waals surface area (Å²) in [7, 11) is 28.6. The molecule has 1 nitrogen and oxygen atoms in total. The smallest absolute Gasteiger partial charge is 0.274 e. The summed E-state index contributed by atoms with van der Waals surface area (Å²) in [5, 5.41) is 0. The molecule has 0 aliphatic heterocycles. The third-order valence-corrected chi connectivity index (χ3v) is 9.60. The van der Waals surface area contributed by atoms with Gasteiger partial charge in [0.15, 0.2) is 8.32 Å². The van der Waals surface area contributed by atoms with Crippen molar-refractivity contribution in [1.29, 1.82) is 0 Å². The van der Waals surface area contributed by atoms with Gasteiger partial charge in [0.05, 0.1) is 7.17 Å². The van der Waals surface area contributed by atoms with Gasteiger partial charge in [-0.1, -0.05) is 6.32 Å². The minimum atomic E-state index is -2.03. The Morgan fingerprint density at radius 2 is 1.62 bits per heavy atom. The molecule has 0 rings (SSSR count). The zero-order valence-corrected chi connectivity index (χ0v) is 16.3. The number of rotatable bonds is 10. The van der Waals surface area contributed by atoms with Crippen LogP contribution in [-0.2, 0) is 4.12 Å². The van der Waals surface area contributed by atoms with Crippen LogP contribution in [0.2, 0.25) is 44.2 Å². The van der Waals surface area contributed by atoms with E-state index >= 15 is 0 Å². The minimum Gasteiger partial charge on any atom is -0.445 e. The maximum atomic E-state index is 6.26. The van der Waals surface area contributed by atoms with E-state index in [-0.39, 0.29) is 12.1 Å². The number of hydrogen-bond donors (Lipinski definition) is 0. The average molecular weight is 317 g/mol. The third kappa shape index (κ3) is 9.93. The van der Waals surface area contributed by atoms with E-state index in [2.05, 4.69) is 13.1 Å². The molecule has 0 aromatic carbocycles. The molecule has 96 valence electrons. The molecule has 0 heterocycles. The van der Waals surface area contributed by atoms with Crippen LogP contribution in [0.1, 0.15) is 0 Å². The van der Waals surface area contributed by atoms with E-state index in [4.69, 9.17) is 53.9 Å². The zero-order valence-electron chi connectivity index (χ0n) is 13.6. The first-order valence-electron chi connectivity index (χ1n) is 7.19. The van der Waals surface area contributed by atoms with E-state index in [1.807, 2.05) is 20.3 Å². The van der Waals surface area contributed by atoms with Gasteiger partial charge in [-0.2, -0.15) is 0 Å². The minimum absolute atomic E-state index is 0.278. The summed E-state index contributed by atoms with van der Waals surface area (Å²) in [6.07, 6.45) is 0.822. The molecule has 0 amide bonds. The molecular formula is C7H17B10ClOSi2. The fraction of sp³-hybridized carbons (Fsp3) is 1.00. The predicted octanol–water partition coefficient (Wildman–Crippen LogP) is -0.354. The predicted molar refractivity (Wildman–Crippen MR) is 113 cm³/mol. The molecular weight excluding hydrogens is 300 g/mol. The van der Waals surface area contributed by atoms with Crippen molar-refractivity contribution in [3.63, 3.8) is 0 Å². The van der Waals surface area contributed by atoms with Crippen LogP contribution in [0.25, 0.3) is 0 Å². The van der Waals surface area contributed by atoms with Crippen molar-refractivity contribution in [1.82, 2.24) is 0 Å². The molecule has 0 N–H and O–H groups in total. The Balaban J connectivity index is 4.38. The Morgan fingerprint density at radius 3 is 2.00 bits per heavy atom. The van der Waals surface area contributed by atoms with Gasteiger partial charge in [-0.25, -0.2) is 0 Å². The van der Waals surface area contributed by atoms with Crippen LogP contribution in [0.5, 0.6) is 0 Å². The van der Waals surface area contributed by atoms with Crippen LogP contribution in [-0.4, -0.2) is 88.3 Å². The SMILES string of the molecule is [B][B]B([B])C(B([B])[B])B([B])[B]CC[Si](C)(C)O[Si](C)(C)Cl. The fourth-order valence-corrected chi connectivity index (χ4v) is 10.8. The van der Waals surface area contributed by atoms with Crippen LogP contribution in [0.4, 0.5) is 0 Å². The highest BCUT2D eigenvalue weighted by molar-refractivity contribution is 7.59. The summed E-state index contributed by atoms with van der Waals surface area (Å²) in [6.45, 7) is 6.96. The molecule has 0 aliphatic rings. The van der Waals surface area contributed by atoms with Crippen LogP contribution in [0, 0.1) is 0 Å². The number of halogens is 1. The van der Waals surface area contributed by atoms with Crippen molar-refractivity contribution >= 4 is 99.4 Å². The molecule has 0 fully saturated rings. The van der Waals surface area contributed by atoms with E-state index in [0.29, 0.717) is 0 Å². The van der Waals surface area contributed by atoms with Gasteiger partial charge in [0.2, 0.25) is 0 Å². The molecule has 0 spiro atoms. The summed E-state index contributed by atoms with van der Waals surface area (Å²) in [5.41, 5.74) is -0.278. The lowest BCUT2D eigenvalue weighted by Gasteiger charge is -2.32. The van der Waals surface area contributed by atoms with Crippen molar-refractivity contribution in [3.05, 3.63) is 0 Å². The molecule has 1 unspecified atom stereocenters. The molecule has 0 aromatic heterocycles. The van der Waals surface area contributed by atoms with Crippen LogP contribution < -0.4 is 0 Å². The summed E-state index contributed by atoms with van der Waals surface area (Å²) < 4.78 is 6.07. The van der Waals surface area contributed by atoms with Gasteiger partial charge < -0.3 is 4.12 Å². The van der Waals surface area contributed by atoms with Crippen molar-refractivity contribution in [2.24, 2.45) is 0 Å². The largest absolute Gasteiger partial charge is 0.445 e. The third-order valence-electron chi connectivity index (χ3n) is 3.26. The van der Waals surface area contributed by atoms with Gasteiger partial charge in [-0.15, -0.1) is 16.7 Å². The Kier molecular flexibility index (Phi) is 10.2. The maximum Gasteiger partial charge on any atom is 0.274 e. The molecule has 14 heteroatoms. The Bertz CT molecular complexity index is 304. The van der Waals surface area contributed by atoms with Gasteiger partial charge in [-0.05, 0) is 32.2 Å². The molecule has 0 saturated heterocycles. The van der Waals surface area contributed by atoms with Crippen molar-refractivity contribution in [2.45, 2.75) is 44.2 Å². The Morgan fingerprint density at radius 1 is 1.10 bits per heavy atom. The summed E-state index contributed by atoms with van der Waals surface area (Å²) in [6, 6.07) is 0.942. The summed E-state index contributed by atoms with van der Waals surface area (Å²) in [4.78, 5) is 0. The van der Waals surface area contributed by atoms with Crippen LogP contribution >= 0.6 is 11.1 Å². The highest BCUT2D eigenvalue weighted by Crippen LogP contribution is 2.23. The topological polar surface area (TPSA) is 9.23 Å². The van der Waals surface area contributed by atoms with E-state index < -0.39 is 28.9 Å². The molecule has 0 aromatic rings. The molecule has 1 atom stereocenters. The van der Waals surface area contributed by atoms with Gasteiger partial charge in [0.1, 0.15) is 0 Å². The Labute approximate surface area is 147 Å². The fourth-order valence-electron chi connectivity index (χ4n) is 2.39. The average Bonchev–Trinajstić information content (AvgIpc) is 2.24. The standard InChI is InChI=1S/C7H17B10ClOSi2/c1-20(2,19-21(3,4)18)6-5-13-16(11)7(15(9)10)17(12)14-8/h7H,5-6H2,1-4H3. The van der Waals surface area contributed by atoms with Crippen molar-refractivity contribution in [3.8, 4) is 0 Å². The monoisotopic (exact) mass is 318 g/mol. The quantitative estimate of drug-likeness (QED) is 0.395. The number of hydrogen-bond acceptors (Lipinski definition) is 1. The molecule has 0 bridgehead atoms. The van der Waals surface area contributed by atoms with Gasteiger partial charge in [0.25, 0.3) is 7.63 Å². The van der Waals surface area contributed by atoms with E-state index in [1.54, 1.807) is 0 Å². The highest BCUT2D eigenvalue weighted by Gasteiger charge is 2.32. The maximum absolute atomic E-state index is 6.26. The zero-order chi connectivity index (χ0) is 16.8. The van der Waals surface area contributed by atoms with E-state index in [1.165, 1.54) is 7.06 Å². The van der Waals surface area contributed by atoms with Gasteiger partial charge >= 0.3 is 0 Å². The summed E-state index contributed by atoms with van der Waals surface area (Å²) >= 11 is 6.26. The first-order chi connectivity index (χ1) is 9.39. The molecule has 0 aliphatic carbocycles. The normalized spacial score (nSPS) is 13.4. The van der Waals surface area contributed by atoms with E-state index in [9.17, 15) is 0 Å². The molecule has 12 radical (unpaired) electrons. The van der Waals surface area contributed by atoms with Gasteiger partial charge in [-0.3, -0.25) is 0 Å². The van der Waals surface area contributed by atoms with Crippen molar-refractivity contribution in [2.75, 3.05) is 0 Å². The second kappa shape index (κ2) is 9.59. The second-order valence-corrected chi connectivity index (χ2v) is 16.8. The highest BCUT2D eigenvalue weighted by atomic mass is 35.6. The van der Waals surface area contributed by atoms with Crippen LogP contribution in [0.3, 0.4) is 0 Å².